The number of nitrogens with zero attached hydrogens (tertiary/aromatic N) is 2. The maximum atomic E-state index is 12.4. The van der Waals surface area contributed by atoms with E-state index in [0.717, 1.165) is 4.88 Å². The minimum absolute atomic E-state index is 0.00617. The van der Waals surface area contributed by atoms with Gasteiger partial charge < -0.3 is 14.7 Å². The molecule has 0 saturated heterocycles. The normalized spacial score (nSPS) is 10.7. The Balaban J connectivity index is 1.95. The standard InChI is InChI=1S/C15H19N3O3S/c1-10(2)18(15(20)8-12-5-4-6-22-12)9-14(19)16-13-7-11(3)21-17-13/h4-7,10H,8-9H2,1-3H3,(H,16,17,19). The fourth-order valence-corrected chi connectivity index (χ4v) is 2.68. The number of rotatable bonds is 6. The Hall–Kier alpha value is -2.15. The molecule has 7 heteroatoms. The third kappa shape index (κ3) is 4.42. The second-order valence-electron chi connectivity index (χ2n) is 5.24. The van der Waals surface area contributed by atoms with E-state index in [-0.39, 0.29) is 24.4 Å². The molecule has 0 radical (unpaired) electrons. The summed E-state index contributed by atoms with van der Waals surface area (Å²) < 4.78 is 4.89. The molecule has 0 aromatic carbocycles. The van der Waals surface area contributed by atoms with Crippen molar-refractivity contribution in [1.82, 2.24) is 10.1 Å². The number of aromatic nitrogens is 1. The lowest BCUT2D eigenvalue weighted by Crippen LogP contribution is -2.43. The third-order valence-corrected chi connectivity index (χ3v) is 3.94. The van der Waals surface area contributed by atoms with Crippen molar-refractivity contribution in [2.45, 2.75) is 33.2 Å². The Bertz CT molecular complexity index is 634. The molecular formula is C15H19N3O3S. The molecule has 2 amide bonds. The summed E-state index contributed by atoms with van der Waals surface area (Å²) >= 11 is 1.53. The van der Waals surface area contributed by atoms with E-state index in [1.807, 2.05) is 31.4 Å². The molecule has 0 unspecified atom stereocenters. The zero-order valence-corrected chi connectivity index (χ0v) is 13.6. The quantitative estimate of drug-likeness (QED) is 0.887. The molecule has 0 spiro atoms. The first-order valence-electron chi connectivity index (χ1n) is 7.00. The van der Waals surface area contributed by atoms with E-state index in [0.29, 0.717) is 18.0 Å². The van der Waals surface area contributed by atoms with Crippen LogP contribution in [0.5, 0.6) is 0 Å². The van der Waals surface area contributed by atoms with Crippen molar-refractivity contribution in [3.05, 3.63) is 34.2 Å². The lowest BCUT2D eigenvalue weighted by molar-refractivity contribution is -0.135. The summed E-state index contributed by atoms with van der Waals surface area (Å²) in [5.41, 5.74) is 0. The van der Waals surface area contributed by atoms with Crippen LogP contribution in [-0.2, 0) is 16.0 Å². The molecular weight excluding hydrogens is 302 g/mol. The Kier molecular flexibility index (Phi) is 5.32. The number of amides is 2. The Morgan fingerprint density at radius 2 is 2.23 bits per heavy atom. The SMILES string of the molecule is Cc1cc(NC(=O)CN(C(=O)Cc2cccs2)C(C)C)no1. The monoisotopic (exact) mass is 321 g/mol. The fourth-order valence-electron chi connectivity index (χ4n) is 1.98. The summed E-state index contributed by atoms with van der Waals surface area (Å²) in [6.45, 7) is 5.51. The molecule has 0 aliphatic heterocycles. The van der Waals surface area contributed by atoms with Gasteiger partial charge in [0.25, 0.3) is 0 Å². The van der Waals surface area contributed by atoms with Crippen LogP contribution in [0.2, 0.25) is 0 Å². The van der Waals surface area contributed by atoms with Gasteiger partial charge in [-0.25, -0.2) is 0 Å². The summed E-state index contributed by atoms with van der Waals surface area (Å²) in [5, 5.41) is 8.26. The van der Waals surface area contributed by atoms with Crippen LogP contribution in [-0.4, -0.2) is 34.5 Å². The molecule has 2 heterocycles. The number of aryl methyl sites for hydroxylation is 1. The highest BCUT2D eigenvalue weighted by atomic mass is 32.1. The summed E-state index contributed by atoms with van der Waals surface area (Å²) in [4.78, 5) is 27.0. The van der Waals surface area contributed by atoms with Gasteiger partial charge in [-0.3, -0.25) is 9.59 Å². The predicted octanol–water partition coefficient (Wildman–Crippen LogP) is 2.46. The first-order valence-corrected chi connectivity index (χ1v) is 7.88. The van der Waals surface area contributed by atoms with Crippen LogP contribution in [0.3, 0.4) is 0 Å². The average molecular weight is 321 g/mol. The van der Waals surface area contributed by atoms with E-state index in [1.54, 1.807) is 17.9 Å². The third-order valence-electron chi connectivity index (χ3n) is 3.06. The highest BCUT2D eigenvalue weighted by Gasteiger charge is 2.21. The van der Waals surface area contributed by atoms with Crippen molar-refractivity contribution >= 4 is 29.0 Å². The molecule has 1 N–H and O–H groups in total. The van der Waals surface area contributed by atoms with Crippen LogP contribution in [0.4, 0.5) is 5.82 Å². The molecule has 118 valence electrons. The molecule has 2 aromatic heterocycles. The van der Waals surface area contributed by atoms with Crippen molar-refractivity contribution in [1.29, 1.82) is 0 Å². The van der Waals surface area contributed by atoms with Gasteiger partial charge in [-0.05, 0) is 32.2 Å². The van der Waals surface area contributed by atoms with Gasteiger partial charge in [-0.1, -0.05) is 11.2 Å². The molecule has 6 nitrogen and oxygen atoms in total. The Morgan fingerprint density at radius 3 is 2.77 bits per heavy atom. The molecule has 0 aliphatic rings. The van der Waals surface area contributed by atoms with Crippen LogP contribution in [0, 0.1) is 6.92 Å². The largest absolute Gasteiger partial charge is 0.360 e. The minimum atomic E-state index is -0.290. The van der Waals surface area contributed by atoms with Crippen LogP contribution < -0.4 is 5.32 Å². The van der Waals surface area contributed by atoms with E-state index < -0.39 is 0 Å². The molecule has 22 heavy (non-hydrogen) atoms. The maximum absolute atomic E-state index is 12.4. The molecule has 2 aromatic rings. The number of hydrogen-bond donors (Lipinski definition) is 1. The smallest absolute Gasteiger partial charge is 0.245 e. The number of carbonyl (C=O) groups is 2. The fraction of sp³-hybridized carbons (Fsp3) is 0.400. The van der Waals surface area contributed by atoms with Crippen molar-refractivity contribution in [2.24, 2.45) is 0 Å². The minimum Gasteiger partial charge on any atom is -0.360 e. The summed E-state index contributed by atoms with van der Waals surface area (Å²) in [6, 6.07) is 5.40. The average Bonchev–Trinajstić information content (AvgIpc) is 3.07. The first kappa shape index (κ1) is 16.2. The van der Waals surface area contributed by atoms with E-state index in [1.165, 1.54) is 11.3 Å². The van der Waals surface area contributed by atoms with Gasteiger partial charge in [0.05, 0.1) is 6.42 Å². The van der Waals surface area contributed by atoms with Crippen molar-refractivity contribution in [2.75, 3.05) is 11.9 Å². The van der Waals surface area contributed by atoms with E-state index in [2.05, 4.69) is 10.5 Å². The zero-order chi connectivity index (χ0) is 16.1. The first-order chi connectivity index (χ1) is 10.5. The van der Waals surface area contributed by atoms with Gasteiger partial charge in [-0.2, -0.15) is 0 Å². The van der Waals surface area contributed by atoms with Crippen LogP contribution >= 0.6 is 11.3 Å². The zero-order valence-electron chi connectivity index (χ0n) is 12.8. The molecule has 0 bridgehead atoms. The lowest BCUT2D eigenvalue weighted by atomic mass is 10.2. The van der Waals surface area contributed by atoms with Gasteiger partial charge in [0.15, 0.2) is 5.82 Å². The van der Waals surface area contributed by atoms with E-state index in [4.69, 9.17) is 4.52 Å². The Morgan fingerprint density at radius 1 is 1.45 bits per heavy atom. The van der Waals surface area contributed by atoms with Gasteiger partial charge in [-0.15, -0.1) is 11.3 Å². The van der Waals surface area contributed by atoms with Crippen LogP contribution in [0.1, 0.15) is 24.5 Å². The highest BCUT2D eigenvalue weighted by molar-refractivity contribution is 7.10. The number of anilines is 1. The summed E-state index contributed by atoms with van der Waals surface area (Å²) in [6.07, 6.45) is 0.312. The van der Waals surface area contributed by atoms with Crippen molar-refractivity contribution in [3.63, 3.8) is 0 Å². The van der Waals surface area contributed by atoms with Crippen molar-refractivity contribution in [3.8, 4) is 0 Å². The molecule has 0 atom stereocenters. The second kappa shape index (κ2) is 7.22. The number of hydrogen-bond acceptors (Lipinski definition) is 5. The Labute approximate surface area is 133 Å². The topological polar surface area (TPSA) is 75.4 Å². The van der Waals surface area contributed by atoms with Gasteiger partial charge >= 0.3 is 0 Å². The van der Waals surface area contributed by atoms with E-state index in [9.17, 15) is 9.59 Å². The predicted molar refractivity (Wildman–Crippen MR) is 84.7 cm³/mol. The molecule has 0 saturated carbocycles. The second-order valence-corrected chi connectivity index (χ2v) is 6.27. The lowest BCUT2D eigenvalue weighted by Gasteiger charge is -2.25. The van der Waals surface area contributed by atoms with Crippen LogP contribution in [0.25, 0.3) is 0 Å². The van der Waals surface area contributed by atoms with Crippen molar-refractivity contribution < 1.29 is 14.1 Å². The maximum Gasteiger partial charge on any atom is 0.245 e. The number of nitrogens with one attached hydrogen (secondary N) is 1. The van der Waals surface area contributed by atoms with Crippen LogP contribution in [0.15, 0.2) is 28.1 Å². The highest BCUT2D eigenvalue weighted by Crippen LogP contribution is 2.12. The number of thiophene rings is 1. The summed E-state index contributed by atoms with van der Waals surface area (Å²) in [5.74, 6) is 0.618. The van der Waals surface area contributed by atoms with Gasteiger partial charge in [0, 0.05) is 17.0 Å². The molecule has 2 rings (SSSR count). The molecule has 0 aliphatic carbocycles. The number of carbonyl (C=O) groups excluding carboxylic acids is 2. The van der Waals surface area contributed by atoms with E-state index >= 15 is 0 Å². The van der Waals surface area contributed by atoms with Gasteiger partial charge in [0.2, 0.25) is 11.8 Å². The summed E-state index contributed by atoms with van der Waals surface area (Å²) in [7, 11) is 0. The van der Waals surface area contributed by atoms with Gasteiger partial charge in [0.1, 0.15) is 12.3 Å². The molecule has 0 fully saturated rings.